The van der Waals surface area contributed by atoms with Gasteiger partial charge in [0.2, 0.25) is 0 Å². The van der Waals surface area contributed by atoms with E-state index in [1.54, 1.807) is 0 Å². The molecular weight excluding hydrogens is 352 g/mol. The lowest BCUT2D eigenvalue weighted by atomic mass is 9.98. The second kappa shape index (κ2) is 7.18. The summed E-state index contributed by atoms with van der Waals surface area (Å²) >= 11 is 3.42. The van der Waals surface area contributed by atoms with E-state index in [0.29, 0.717) is 12.1 Å². The lowest BCUT2D eigenvalue weighted by Crippen LogP contribution is -2.26. The summed E-state index contributed by atoms with van der Waals surface area (Å²) in [5, 5.41) is 3.00. The molecule has 0 atom stereocenters. The molecule has 0 bridgehead atoms. The number of anilines is 1. The molecule has 0 unspecified atom stereocenters. The van der Waals surface area contributed by atoms with E-state index in [9.17, 15) is 4.79 Å². The summed E-state index contributed by atoms with van der Waals surface area (Å²) in [6, 6.07) is 14.2. The highest BCUT2D eigenvalue weighted by molar-refractivity contribution is 9.10. The molecule has 0 spiro atoms. The van der Waals surface area contributed by atoms with Gasteiger partial charge in [-0.05, 0) is 64.5 Å². The Hall–Kier alpha value is -1.81. The Labute approximate surface area is 145 Å². The van der Waals surface area contributed by atoms with Crippen molar-refractivity contribution in [2.45, 2.75) is 19.3 Å². The van der Waals surface area contributed by atoms with Crippen LogP contribution in [0.2, 0.25) is 0 Å². The van der Waals surface area contributed by atoms with Crippen LogP contribution in [0.1, 0.15) is 27.9 Å². The van der Waals surface area contributed by atoms with Gasteiger partial charge in [-0.25, -0.2) is 0 Å². The third-order valence-electron chi connectivity index (χ3n) is 4.31. The van der Waals surface area contributed by atoms with Crippen LogP contribution in [0.25, 0.3) is 0 Å². The Morgan fingerprint density at radius 2 is 2.09 bits per heavy atom. The molecule has 1 aliphatic rings. The first-order valence-corrected chi connectivity index (χ1v) is 8.80. The number of hydrogen-bond acceptors (Lipinski definition) is 2. The fourth-order valence-electron chi connectivity index (χ4n) is 3.06. The van der Waals surface area contributed by atoms with Crippen molar-refractivity contribution in [3.05, 3.63) is 63.6 Å². The van der Waals surface area contributed by atoms with Gasteiger partial charge in [0.25, 0.3) is 5.91 Å². The minimum absolute atomic E-state index is 0.0323. The van der Waals surface area contributed by atoms with Crippen molar-refractivity contribution in [3.63, 3.8) is 0 Å². The van der Waals surface area contributed by atoms with Gasteiger partial charge in [0.1, 0.15) is 0 Å². The largest absolute Gasteiger partial charge is 0.374 e. The number of rotatable bonds is 4. The number of aryl methyl sites for hydroxylation is 1. The molecule has 0 aliphatic carbocycles. The first-order valence-electron chi connectivity index (χ1n) is 8.01. The molecule has 0 saturated carbocycles. The van der Waals surface area contributed by atoms with Crippen LogP contribution < -0.4 is 10.2 Å². The summed E-state index contributed by atoms with van der Waals surface area (Å²) in [5.74, 6) is -0.0323. The topological polar surface area (TPSA) is 32.3 Å². The molecule has 2 aromatic rings. The van der Waals surface area contributed by atoms with E-state index < -0.39 is 0 Å². The third kappa shape index (κ3) is 3.75. The second-order valence-electron chi connectivity index (χ2n) is 5.97. The molecule has 0 aromatic heterocycles. The summed E-state index contributed by atoms with van der Waals surface area (Å²) < 4.78 is 0.828. The van der Waals surface area contributed by atoms with Crippen LogP contribution >= 0.6 is 15.9 Å². The van der Waals surface area contributed by atoms with E-state index in [2.05, 4.69) is 51.4 Å². The van der Waals surface area contributed by atoms with E-state index in [1.165, 1.54) is 23.2 Å². The number of hydrogen-bond donors (Lipinski definition) is 1. The Bertz CT molecular complexity index is 714. The van der Waals surface area contributed by atoms with Crippen molar-refractivity contribution >= 4 is 27.5 Å². The van der Waals surface area contributed by atoms with Crippen LogP contribution in [-0.4, -0.2) is 26.0 Å². The fraction of sp³-hybridized carbons (Fsp3) is 0.316. The average molecular weight is 373 g/mol. The number of halogens is 1. The number of carbonyl (C=O) groups excluding carboxylic acids is 1. The Kier molecular flexibility index (Phi) is 5.01. The highest BCUT2D eigenvalue weighted by Crippen LogP contribution is 2.26. The molecule has 120 valence electrons. The Balaban J connectivity index is 1.59. The summed E-state index contributed by atoms with van der Waals surface area (Å²) in [4.78, 5) is 14.5. The number of benzene rings is 2. The van der Waals surface area contributed by atoms with Crippen molar-refractivity contribution in [1.82, 2.24) is 5.32 Å². The maximum Gasteiger partial charge on any atom is 0.252 e. The lowest BCUT2D eigenvalue weighted by molar-refractivity contribution is 0.0953. The average Bonchev–Trinajstić information content (AvgIpc) is 2.55. The van der Waals surface area contributed by atoms with Crippen molar-refractivity contribution in [1.29, 1.82) is 0 Å². The molecule has 4 heteroatoms. The first-order chi connectivity index (χ1) is 11.1. The van der Waals surface area contributed by atoms with Gasteiger partial charge in [0, 0.05) is 30.3 Å². The van der Waals surface area contributed by atoms with Crippen LogP contribution in [0.3, 0.4) is 0 Å². The minimum atomic E-state index is -0.0323. The summed E-state index contributed by atoms with van der Waals surface area (Å²) in [5.41, 5.74) is 4.73. The van der Waals surface area contributed by atoms with Crippen molar-refractivity contribution in [2.24, 2.45) is 0 Å². The quantitative estimate of drug-likeness (QED) is 0.884. The van der Waals surface area contributed by atoms with Gasteiger partial charge < -0.3 is 10.2 Å². The Morgan fingerprint density at radius 3 is 2.91 bits per heavy atom. The van der Waals surface area contributed by atoms with Crippen molar-refractivity contribution < 1.29 is 4.79 Å². The number of amides is 1. The molecule has 1 N–H and O–H groups in total. The van der Waals surface area contributed by atoms with Crippen molar-refractivity contribution in [3.8, 4) is 0 Å². The van der Waals surface area contributed by atoms with Gasteiger partial charge in [-0.15, -0.1) is 0 Å². The lowest BCUT2D eigenvalue weighted by Gasteiger charge is -2.27. The number of carbonyl (C=O) groups is 1. The van der Waals surface area contributed by atoms with E-state index in [4.69, 9.17) is 0 Å². The molecule has 0 radical (unpaired) electrons. The smallest absolute Gasteiger partial charge is 0.252 e. The predicted octanol–water partition coefficient (Wildman–Crippen LogP) is 3.80. The molecule has 23 heavy (non-hydrogen) atoms. The summed E-state index contributed by atoms with van der Waals surface area (Å²) in [6.07, 6.45) is 3.22. The van der Waals surface area contributed by atoms with E-state index in [-0.39, 0.29) is 5.91 Å². The standard InChI is InChI=1S/C19H21BrN2O/c1-22-12-4-5-15-13-14(8-9-18(15)22)10-11-21-19(23)16-6-2-3-7-17(16)20/h2-3,6-9,13H,4-5,10-12H2,1H3,(H,21,23). The highest BCUT2D eigenvalue weighted by atomic mass is 79.9. The molecule has 3 nitrogen and oxygen atoms in total. The Morgan fingerprint density at radius 1 is 1.26 bits per heavy atom. The third-order valence-corrected chi connectivity index (χ3v) is 5.00. The van der Waals surface area contributed by atoms with Gasteiger partial charge >= 0.3 is 0 Å². The SMILES string of the molecule is CN1CCCc2cc(CCNC(=O)c3ccccc3Br)ccc21. The van der Waals surface area contributed by atoms with Crippen LogP contribution in [0, 0.1) is 0 Å². The molecule has 0 fully saturated rings. The van der Waals surface area contributed by atoms with Crippen LogP contribution in [0.15, 0.2) is 46.9 Å². The summed E-state index contributed by atoms with van der Waals surface area (Å²) in [7, 11) is 2.15. The number of nitrogens with one attached hydrogen (secondary N) is 1. The maximum atomic E-state index is 12.2. The monoisotopic (exact) mass is 372 g/mol. The second-order valence-corrected chi connectivity index (χ2v) is 6.83. The maximum absolute atomic E-state index is 12.2. The van der Waals surface area contributed by atoms with Crippen LogP contribution in [0.4, 0.5) is 5.69 Å². The zero-order valence-electron chi connectivity index (χ0n) is 13.3. The highest BCUT2D eigenvalue weighted by Gasteiger charge is 2.14. The molecule has 2 aromatic carbocycles. The molecule has 3 rings (SSSR count). The van der Waals surface area contributed by atoms with Gasteiger partial charge in [0.15, 0.2) is 0 Å². The van der Waals surface area contributed by atoms with Gasteiger partial charge in [-0.3, -0.25) is 4.79 Å². The zero-order valence-corrected chi connectivity index (χ0v) is 14.9. The molecule has 1 aliphatic heterocycles. The minimum Gasteiger partial charge on any atom is -0.374 e. The zero-order chi connectivity index (χ0) is 16.2. The van der Waals surface area contributed by atoms with Gasteiger partial charge in [0.05, 0.1) is 5.56 Å². The van der Waals surface area contributed by atoms with E-state index in [1.807, 2.05) is 24.3 Å². The van der Waals surface area contributed by atoms with Gasteiger partial charge in [-0.1, -0.05) is 24.3 Å². The van der Waals surface area contributed by atoms with E-state index >= 15 is 0 Å². The fourth-order valence-corrected chi connectivity index (χ4v) is 3.52. The molecule has 0 saturated heterocycles. The number of fused-ring (bicyclic) bond motifs is 1. The van der Waals surface area contributed by atoms with Crippen LogP contribution in [-0.2, 0) is 12.8 Å². The van der Waals surface area contributed by atoms with Gasteiger partial charge in [-0.2, -0.15) is 0 Å². The molecule has 1 heterocycles. The van der Waals surface area contributed by atoms with E-state index in [0.717, 1.165) is 23.9 Å². The van der Waals surface area contributed by atoms with Crippen LogP contribution in [0.5, 0.6) is 0 Å². The first kappa shape index (κ1) is 16.1. The van der Waals surface area contributed by atoms with Crippen molar-refractivity contribution in [2.75, 3.05) is 25.0 Å². The predicted molar refractivity (Wildman–Crippen MR) is 98.2 cm³/mol. The summed E-state index contributed by atoms with van der Waals surface area (Å²) in [6.45, 7) is 1.78. The molecule has 1 amide bonds. The molecular formula is C19H21BrN2O. The number of nitrogens with zero attached hydrogens (tertiary/aromatic N) is 1. The normalized spacial score (nSPS) is 13.6.